The number of hydrogen-bond donors (Lipinski definition) is 1. The van der Waals surface area contributed by atoms with E-state index >= 15 is 0 Å². The number of rotatable bonds is 11. The molecule has 0 radical (unpaired) electrons. The molecule has 1 heterocycles. The van der Waals surface area contributed by atoms with E-state index < -0.39 is 21.2 Å². The molecule has 8 heteroatoms. The first-order valence-corrected chi connectivity index (χ1v) is 13.7. The maximum atomic E-state index is 13.9. The zero-order chi connectivity index (χ0) is 25.5. The number of para-hydroxylation sites is 1. The van der Waals surface area contributed by atoms with Crippen molar-refractivity contribution >= 4 is 27.2 Å². The molecule has 0 amide bonds. The van der Waals surface area contributed by atoms with Crippen molar-refractivity contribution in [2.24, 2.45) is 5.41 Å². The van der Waals surface area contributed by atoms with Gasteiger partial charge < -0.3 is 19.5 Å². The molecule has 2 aromatic carbocycles. The van der Waals surface area contributed by atoms with Gasteiger partial charge in [-0.05, 0) is 25.0 Å². The van der Waals surface area contributed by atoms with Crippen LogP contribution in [0.3, 0.4) is 0 Å². The monoisotopic (exact) mass is 501 g/mol. The summed E-state index contributed by atoms with van der Waals surface area (Å²) in [7, 11) is -2.22. The van der Waals surface area contributed by atoms with Crippen LogP contribution in [0.1, 0.15) is 52.4 Å². The molecule has 1 aliphatic heterocycles. The van der Waals surface area contributed by atoms with E-state index in [0.717, 1.165) is 56.6 Å². The van der Waals surface area contributed by atoms with Gasteiger partial charge in [-0.15, -0.1) is 0 Å². The van der Waals surface area contributed by atoms with Crippen LogP contribution in [-0.2, 0) is 14.6 Å². The van der Waals surface area contributed by atoms with Gasteiger partial charge in [0.15, 0.2) is 21.3 Å². The predicted molar refractivity (Wildman–Crippen MR) is 137 cm³/mol. The minimum atomic E-state index is -3.69. The Morgan fingerprint density at radius 1 is 1.09 bits per heavy atom. The van der Waals surface area contributed by atoms with Crippen LogP contribution in [0.4, 0.5) is 11.4 Å². The second kappa shape index (κ2) is 11.6. The van der Waals surface area contributed by atoms with Crippen LogP contribution in [-0.4, -0.2) is 38.9 Å². The summed E-state index contributed by atoms with van der Waals surface area (Å²) in [5.74, 6) is -0.648. The van der Waals surface area contributed by atoms with Gasteiger partial charge in [0, 0.05) is 29.8 Å². The van der Waals surface area contributed by atoms with E-state index in [-0.39, 0.29) is 16.4 Å². The molecule has 0 saturated heterocycles. The Morgan fingerprint density at radius 2 is 1.74 bits per heavy atom. The summed E-state index contributed by atoms with van der Waals surface area (Å²) < 4.78 is 38.8. The number of carbonyl (C=O) groups is 1. The lowest BCUT2D eigenvalue weighted by Gasteiger charge is -2.37. The molecule has 0 unspecified atom stereocenters. The molecular weight excluding hydrogens is 466 g/mol. The second-order valence-corrected chi connectivity index (χ2v) is 11.1. The molecule has 0 saturated carbocycles. The molecule has 1 aliphatic rings. The van der Waals surface area contributed by atoms with Crippen molar-refractivity contribution < 1.29 is 27.8 Å². The lowest BCUT2D eigenvalue weighted by atomic mass is 9.79. The van der Waals surface area contributed by atoms with E-state index in [4.69, 9.17) is 14.6 Å². The van der Waals surface area contributed by atoms with Gasteiger partial charge in [0.2, 0.25) is 0 Å². The maximum absolute atomic E-state index is 13.9. The zero-order valence-corrected chi connectivity index (χ0v) is 21.5. The molecule has 7 nitrogen and oxygen atoms in total. The molecular formula is C27H35NO6S. The number of carboxylic acids is 1. The van der Waals surface area contributed by atoms with E-state index in [2.05, 4.69) is 18.7 Å². The Bertz CT molecular complexity index is 1140. The highest BCUT2D eigenvalue weighted by molar-refractivity contribution is 7.91. The Kier molecular flexibility index (Phi) is 8.83. The fourth-order valence-corrected chi connectivity index (χ4v) is 6.84. The summed E-state index contributed by atoms with van der Waals surface area (Å²) in [5, 5.41) is 8.89. The molecule has 2 aromatic rings. The smallest absolute Gasteiger partial charge is 0.331 e. The van der Waals surface area contributed by atoms with Crippen molar-refractivity contribution in [3.05, 3.63) is 54.8 Å². The maximum Gasteiger partial charge on any atom is 0.331 e. The highest BCUT2D eigenvalue weighted by Crippen LogP contribution is 2.48. The van der Waals surface area contributed by atoms with Gasteiger partial charge in [0.05, 0.1) is 35.8 Å². The molecule has 1 N–H and O–H groups in total. The van der Waals surface area contributed by atoms with E-state index in [1.54, 1.807) is 6.07 Å². The van der Waals surface area contributed by atoms with Crippen molar-refractivity contribution in [1.82, 2.24) is 0 Å². The van der Waals surface area contributed by atoms with Gasteiger partial charge in [-0.2, -0.15) is 0 Å². The third kappa shape index (κ3) is 6.36. The third-order valence-electron chi connectivity index (χ3n) is 6.46. The third-order valence-corrected chi connectivity index (χ3v) is 8.45. The lowest BCUT2D eigenvalue weighted by molar-refractivity contribution is -0.131. The van der Waals surface area contributed by atoms with E-state index in [0.29, 0.717) is 18.0 Å². The first kappa shape index (κ1) is 26.6. The van der Waals surface area contributed by atoms with Gasteiger partial charge in [0.25, 0.3) is 0 Å². The minimum Gasteiger partial charge on any atom is -0.493 e. The highest BCUT2D eigenvalue weighted by Gasteiger charge is 2.42. The first-order chi connectivity index (χ1) is 16.7. The number of carboxylic acid groups (broad SMARTS) is 1. The molecule has 0 bridgehead atoms. The quantitative estimate of drug-likeness (QED) is 0.300. The average molecular weight is 502 g/mol. The Labute approximate surface area is 208 Å². The van der Waals surface area contributed by atoms with Gasteiger partial charge in [0.1, 0.15) is 0 Å². The number of nitrogens with zero attached hydrogens (tertiary/aromatic N) is 1. The Balaban J connectivity index is 2.22. The normalized spacial score (nSPS) is 16.5. The topological polar surface area (TPSA) is 93.1 Å². The van der Waals surface area contributed by atoms with Crippen LogP contribution in [0.15, 0.2) is 59.7 Å². The zero-order valence-electron chi connectivity index (χ0n) is 20.7. The molecule has 0 aromatic heterocycles. The summed E-state index contributed by atoms with van der Waals surface area (Å²) in [6.07, 6.45) is 7.39. The number of sulfone groups is 1. The molecule has 0 aliphatic carbocycles. The number of methoxy groups -OCH3 is 1. The second-order valence-electron chi connectivity index (χ2n) is 9.12. The number of benzene rings is 2. The minimum absolute atomic E-state index is 0.0487. The molecule has 0 atom stereocenters. The highest BCUT2D eigenvalue weighted by atomic mass is 32.2. The number of anilines is 2. The van der Waals surface area contributed by atoms with Crippen molar-refractivity contribution in [2.45, 2.75) is 57.3 Å². The molecule has 0 spiro atoms. The largest absolute Gasteiger partial charge is 0.493 e. The average Bonchev–Trinajstić information content (AvgIpc) is 2.93. The summed E-state index contributed by atoms with van der Waals surface area (Å²) >= 11 is 0. The molecule has 35 heavy (non-hydrogen) atoms. The Hall–Kier alpha value is -3.00. The number of ether oxygens (including phenoxy) is 2. The lowest BCUT2D eigenvalue weighted by Crippen LogP contribution is -2.38. The fourth-order valence-electron chi connectivity index (χ4n) is 4.72. The van der Waals surface area contributed by atoms with Gasteiger partial charge in [-0.25, -0.2) is 13.2 Å². The van der Waals surface area contributed by atoms with E-state index in [1.165, 1.54) is 13.2 Å². The number of fused-ring (bicyclic) bond motifs is 1. The van der Waals surface area contributed by atoms with Crippen LogP contribution >= 0.6 is 0 Å². The Morgan fingerprint density at radius 3 is 2.31 bits per heavy atom. The summed E-state index contributed by atoms with van der Waals surface area (Å²) in [6.45, 7) is 4.83. The summed E-state index contributed by atoms with van der Waals surface area (Å²) in [4.78, 5) is 13.1. The fraction of sp³-hybridized carbons (Fsp3) is 0.444. The van der Waals surface area contributed by atoms with Gasteiger partial charge in [-0.1, -0.05) is 57.7 Å². The van der Waals surface area contributed by atoms with Crippen LogP contribution in [0.25, 0.3) is 0 Å². The number of hydrogen-bond acceptors (Lipinski definition) is 6. The standard InChI is InChI=1S/C27H35NO6S/c1-4-6-14-27(15-7-5-2)19-28(21-11-9-8-10-12-21)22-17-23(33-3)24(34-16-13-26(29)30)18-25(22)35(31,32)20-27/h8-13,16-18H,4-7,14-15,19-20H2,1-3H3,(H,29,30). The van der Waals surface area contributed by atoms with Crippen molar-refractivity contribution in [3.8, 4) is 11.5 Å². The van der Waals surface area contributed by atoms with Crippen LogP contribution in [0.5, 0.6) is 11.5 Å². The van der Waals surface area contributed by atoms with Crippen LogP contribution in [0, 0.1) is 5.41 Å². The van der Waals surface area contributed by atoms with Crippen molar-refractivity contribution in [3.63, 3.8) is 0 Å². The number of unbranched alkanes of at least 4 members (excludes halogenated alkanes) is 2. The number of aliphatic carboxylic acids is 1. The van der Waals surface area contributed by atoms with Gasteiger partial charge >= 0.3 is 5.97 Å². The van der Waals surface area contributed by atoms with Crippen LogP contribution < -0.4 is 14.4 Å². The molecule has 3 rings (SSSR count). The molecule has 0 fully saturated rings. The van der Waals surface area contributed by atoms with E-state index in [1.807, 2.05) is 30.3 Å². The predicted octanol–water partition coefficient (Wildman–Crippen LogP) is 5.96. The summed E-state index contributed by atoms with van der Waals surface area (Å²) in [5.41, 5.74) is 1.04. The van der Waals surface area contributed by atoms with E-state index in [9.17, 15) is 13.2 Å². The SMILES string of the molecule is CCCCC1(CCCC)CN(c2ccccc2)c2cc(OC)c(OC=CC(=O)O)cc2S(=O)(=O)C1. The summed E-state index contributed by atoms with van der Waals surface area (Å²) in [6, 6.07) is 12.9. The van der Waals surface area contributed by atoms with Crippen molar-refractivity contribution in [1.29, 1.82) is 0 Å². The first-order valence-electron chi connectivity index (χ1n) is 12.1. The van der Waals surface area contributed by atoms with Gasteiger partial charge in [-0.3, -0.25) is 0 Å². The van der Waals surface area contributed by atoms with Crippen molar-refractivity contribution in [2.75, 3.05) is 24.3 Å². The van der Waals surface area contributed by atoms with Crippen LogP contribution in [0.2, 0.25) is 0 Å². The molecule has 190 valence electrons.